The molecule has 1 atom stereocenters. The normalized spacial score (nSPS) is 22.5. The van der Waals surface area contributed by atoms with Crippen LogP contribution in [0.2, 0.25) is 0 Å². The van der Waals surface area contributed by atoms with Gasteiger partial charge in [0.25, 0.3) is 5.91 Å². The van der Waals surface area contributed by atoms with Crippen molar-refractivity contribution in [2.75, 3.05) is 6.54 Å². The zero-order valence-electron chi connectivity index (χ0n) is 14.9. The molecule has 0 spiro atoms. The molecule has 8 heteroatoms. The molecule has 140 valence electrons. The maximum Gasteiger partial charge on any atom is 0.319 e. The number of carbonyl (C=O) groups excluding carboxylic acids is 2. The summed E-state index contributed by atoms with van der Waals surface area (Å²) in [6.07, 6.45) is 5.68. The monoisotopic (exact) mass is 366 g/mol. The zero-order chi connectivity index (χ0) is 18.9. The zero-order valence-corrected chi connectivity index (χ0v) is 14.9. The highest BCUT2D eigenvalue weighted by atomic mass is 16.2. The van der Waals surface area contributed by atoms with Crippen LogP contribution in [-0.4, -0.2) is 39.0 Å². The highest BCUT2D eigenvalue weighted by Crippen LogP contribution is 2.38. The van der Waals surface area contributed by atoms with Crippen LogP contribution in [0.1, 0.15) is 36.2 Å². The highest BCUT2D eigenvalue weighted by Gasteiger charge is 2.48. The molecule has 27 heavy (non-hydrogen) atoms. The lowest BCUT2D eigenvalue weighted by molar-refractivity contribution is 0.0931. The van der Waals surface area contributed by atoms with E-state index in [4.69, 9.17) is 0 Å². The number of rotatable bonds is 5. The second-order valence-corrected chi connectivity index (χ2v) is 7.05. The number of hydrogen-bond acceptors (Lipinski definition) is 4. The molecule has 0 radical (unpaired) electrons. The molecule has 0 bridgehead atoms. The Kier molecular flexibility index (Phi) is 4.39. The summed E-state index contributed by atoms with van der Waals surface area (Å²) >= 11 is 0. The van der Waals surface area contributed by atoms with Crippen molar-refractivity contribution in [2.24, 2.45) is 5.92 Å². The topological polar surface area (TPSA) is 101 Å². The lowest BCUT2D eigenvalue weighted by atomic mass is 9.81. The van der Waals surface area contributed by atoms with Gasteiger partial charge in [0.05, 0.1) is 11.9 Å². The number of urea groups is 1. The molecule has 8 nitrogen and oxygen atoms in total. The van der Waals surface area contributed by atoms with Crippen LogP contribution < -0.4 is 16.0 Å². The molecule has 2 heterocycles. The SMILES string of the molecule is C=C1NC(=O)NC1(CNC(=O)c1cnn(-c2ccccc2)n1)C1CCCC1. The lowest BCUT2D eigenvalue weighted by Gasteiger charge is -2.35. The maximum atomic E-state index is 12.6. The van der Waals surface area contributed by atoms with E-state index < -0.39 is 5.54 Å². The summed E-state index contributed by atoms with van der Waals surface area (Å²) in [5.74, 6) is -0.0762. The largest absolute Gasteiger partial charge is 0.348 e. The third kappa shape index (κ3) is 3.18. The second-order valence-electron chi connectivity index (χ2n) is 7.05. The Morgan fingerprint density at radius 2 is 2.04 bits per heavy atom. The van der Waals surface area contributed by atoms with Gasteiger partial charge in [0.15, 0.2) is 5.69 Å². The first-order valence-electron chi connectivity index (χ1n) is 9.13. The molecule has 2 aliphatic rings. The fourth-order valence-electron chi connectivity index (χ4n) is 3.98. The lowest BCUT2D eigenvalue weighted by Crippen LogP contribution is -2.56. The summed E-state index contributed by atoms with van der Waals surface area (Å²) in [5.41, 5.74) is 0.967. The van der Waals surface area contributed by atoms with Gasteiger partial charge in [-0.15, -0.1) is 5.10 Å². The van der Waals surface area contributed by atoms with Gasteiger partial charge in [-0.3, -0.25) is 4.79 Å². The maximum absolute atomic E-state index is 12.6. The summed E-state index contributed by atoms with van der Waals surface area (Å²) in [6, 6.07) is 9.12. The molecule has 2 fully saturated rings. The Balaban J connectivity index is 1.48. The average molecular weight is 366 g/mol. The van der Waals surface area contributed by atoms with Crippen molar-refractivity contribution in [3.63, 3.8) is 0 Å². The number of nitrogens with zero attached hydrogens (tertiary/aromatic N) is 3. The first-order valence-corrected chi connectivity index (χ1v) is 9.13. The van der Waals surface area contributed by atoms with Crippen LogP contribution in [0.5, 0.6) is 0 Å². The first kappa shape index (κ1) is 17.3. The Morgan fingerprint density at radius 3 is 2.70 bits per heavy atom. The molecule has 1 saturated carbocycles. The predicted molar refractivity (Wildman–Crippen MR) is 99.2 cm³/mol. The van der Waals surface area contributed by atoms with Crippen LogP contribution >= 0.6 is 0 Å². The van der Waals surface area contributed by atoms with Crippen LogP contribution in [0.3, 0.4) is 0 Å². The molecule has 1 aliphatic carbocycles. The van der Waals surface area contributed by atoms with E-state index in [0.717, 1.165) is 31.4 Å². The minimum atomic E-state index is -0.654. The van der Waals surface area contributed by atoms with Crippen molar-refractivity contribution in [2.45, 2.75) is 31.2 Å². The van der Waals surface area contributed by atoms with Crippen LogP contribution in [0.15, 0.2) is 48.8 Å². The predicted octanol–water partition coefficient (Wildman–Crippen LogP) is 1.75. The highest BCUT2D eigenvalue weighted by molar-refractivity contribution is 5.92. The van der Waals surface area contributed by atoms with E-state index in [1.807, 2.05) is 30.3 Å². The van der Waals surface area contributed by atoms with Gasteiger partial charge in [-0.25, -0.2) is 4.79 Å². The second kappa shape index (κ2) is 6.86. The molecule has 3 amide bonds. The summed E-state index contributed by atoms with van der Waals surface area (Å²) in [4.78, 5) is 25.9. The van der Waals surface area contributed by atoms with Gasteiger partial charge < -0.3 is 16.0 Å². The van der Waals surface area contributed by atoms with E-state index in [1.165, 1.54) is 11.0 Å². The Bertz CT molecular complexity index is 871. The quantitative estimate of drug-likeness (QED) is 0.750. The number of para-hydroxylation sites is 1. The molecule has 1 aromatic carbocycles. The molecule has 1 unspecified atom stereocenters. The van der Waals surface area contributed by atoms with Crippen molar-refractivity contribution < 1.29 is 9.59 Å². The standard InChI is InChI=1S/C19H22N6O2/c1-13-19(23-18(27)22-13,14-7-5-6-8-14)12-20-17(26)16-11-21-25(24-16)15-9-3-2-4-10-15/h2-4,9-11,14H,1,5-8,12H2,(H,20,26)(H2,22,23,27). The fourth-order valence-corrected chi connectivity index (χ4v) is 3.98. The summed E-state index contributed by atoms with van der Waals surface area (Å²) in [6.45, 7) is 4.29. The third-order valence-corrected chi connectivity index (χ3v) is 5.43. The molecule has 2 aromatic rings. The summed E-state index contributed by atoms with van der Waals surface area (Å²) in [7, 11) is 0. The van der Waals surface area contributed by atoms with E-state index in [-0.39, 0.29) is 30.1 Å². The smallest absolute Gasteiger partial charge is 0.319 e. The van der Waals surface area contributed by atoms with Crippen molar-refractivity contribution in [1.82, 2.24) is 30.9 Å². The van der Waals surface area contributed by atoms with Gasteiger partial charge in [-0.05, 0) is 30.9 Å². The number of nitrogens with one attached hydrogen (secondary N) is 3. The van der Waals surface area contributed by atoms with E-state index in [0.29, 0.717) is 5.70 Å². The van der Waals surface area contributed by atoms with E-state index in [2.05, 4.69) is 32.7 Å². The van der Waals surface area contributed by atoms with Crippen molar-refractivity contribution in [1.29, 1.82) is 0 Å². The van der Waals surface area contributed by atoms with Gasteiger partial charge in [0.2, 0.25) is 0 Å². The van der Waals surface area contributed by atoms with E-state index in [9.17, 15) is 9.59 Å². The number of benzene rings is 1. The summed E-state index contributed by atoms with van der Waals surface area (Å²) < 4.78 is 0. The Hall–Kier alpha value is -3.16. The molecule has 1 saturated heterocycles. The number of hydrogen-bond donors (Lipinski definition) is 3. The number of amides is 3. The number of carbonyl (C=O) groups is 2. The van der Waals surface area contributed by atoms with Gasteiger partial charge >= 0.3 is 6.03 Å². The van der Waals surface area contributed by atoms with Crippen LogP contribution in [0, 0.1) is 5.92 Å². The first-order chi connectivity index (χ1) is 13.1. The Labute approximate surface area is 157 Å². The van der Waals surface area contributed by atoms with Gasteiger partial charge in [-0.2, -0.15) is 9.90 Å². The third-order valence-electron chi connectivity index (χ3n) is 5.43. The molecular formula is C19H22N6O2. The van der Waals surface area contributed by atoms with E-state index in [1.54, 1.807) is 0 Å². The van der Waals surface area contributed by atoms with Gasteiger partial charge in [0, 0.05) is 12.2 Å². The minimum Gasteiger partial charge on any atom is -0.348 e. The molecular weight excluding hydrogens is 344 g/mol. The number of aromatic nitrogens is 3. The minimum absolute atomic E-state index is 0.225. The van der Waals surface area contributed by atoms with Crippen molar-refractivity contribution in [3.8, 4) is 5.69 Å². The molecule has 4 rings (SSSR count). The average Bonchev–Trinajstić information content (AvgIpc) is 3.41. The van der Waals surface area contributed by atoms with Crippen molar-refractivity contribution in [3.05, 3.63) is 54.5 Å². The summed E-state index contributed by atoms with van der Waals surface area (Å²) in [5, 5.41) is 17.0. The van der Waals surface area contributed by atoms with E-state index >= 15 is 0 Å². The molecule has 1 aliphatic heterocycles. The van der Waals surface area contributed by atoms with Gasteiger partial charge in [0.1, 0.15) is 5.54 Å². The van der Waals surface area contributed by atoms with Crippen LogP contribution in [-0.2, 0) is 0 Å². The molecule has 1 aromatic heterocycles. The van der Waals surface area contributed by atoms with Crippen molar-refractivity contribution >= 4 is 11.9 Å². The van der Waals surface area contributed by atoms with Crippen LogP contribution in [0.4, 0.5) is 4.79 Å². The Morgan fingerprint density at radius 1 is 1.30 bits per heavy atom. The fraction of sp³-hybridized carbons (Fsp3) is 0.368. The van der Waals surface area contributed by atoms with Crippen LogP contribution in [0.25, 0.3) is 5.69 Å². The van der Waals surface area contributed by atoms with Gasteiger partial charge in [-0.1, -0.05) is 37.6 Å². The molecule has 3 N–H and O–H groups in total.